The van der Waals surface area contributed by atoms with Crippen LogP contribution in [-0.2, 0) is 6.54 Å². The van der Waals surface area contributed by atoms with Gasteiger partial charge in [-0.1, -0.05) is 30.9 Å². The van der Waals surface area contributed by atoms with Crippen LogP contribution in [0.4, 0.5) is 4.39 Å². The molecule has 1 aromatic carbocycles. The highest BCUT2D eigenvalue weighted by Gasteiger charge is 2.14. The van der Waals surface area contributed by atoms with E-state index in [1.54, 1.807) is 12.1 Å². The van der Waals surface area contributed by atoms with Crippen molar-refractivity contribution in [3.05, 3.63) is 53.9 Å². The van der Waals surface area contributed by atoms with E-state index >= 15 is 0 Å². The van der Waals surface area contributed by atoms with Crippen LogP contribution in [0.5, 0.6) is 0 Å². The molecular formula is C18H25FN2. The first-order valence-corrected chi connectivity index (χ1v) is 7.59. The van der Waals surface area contributed by atoms with Crippen LogP contribution in [0.3, 0.4) is 0 Å². The Morgan fingerprint density at radius 2 is 2.10 bits per heavy atom. The van der Waals surface area contributed by atoms with Crippen LogP contribution < -0.4 is 0 Å². The third-order valence-electron chi connectivity index (χ3n) is 4.08. The van der Waals surface area contributed by atoms with Crippen LogP contribution in [0, 0.1) is 5.82 Å². The van der Waals surface area contributed by atoms with Crippen LogP contribution in [0.1, 0.15) is 24.5 Å². The third kappa shape index (κ3) is 4.51. The molecule has 0 aliphatic carbocycles. The Kier molecular flexibility index (Phi) is 5.71. The first-order valence-electron chi connectivity index (χ1n) is 7.59. The van der Waals surface area contributed by atoms with Gasteiger partial charge in [0.05, 0.1) is 0 Å². The van der Waals surface area contributed by atoms with E-state index in [4.69, 9.17) is 0 Å². The zero-order valence-electron chi connectivity index (χ0n) is 13.1. The molecule has 3 heteroatoms. The Hall–Kier alpha value is -1.45. The second kappa shape index (κ2) is 7.53. The van der Waals surface area contributed by atoms with Crippen molar-refractivity contribution in [1.29, 1.82) is 0 Å². The number of allylic oxidation sites excluding steroid dienone is 3. The smallest absolute Gasteiger partial charge is 0.128 e. The van der Waals surface area contributed by atoms with Gasteiger partial charge in [0.2, 0.25) is 0 Å². The van der Waals surface area contributed by atoms with Crippen LogP contribution in [0.2, 0.25) is 0 Å². The van der Waals surface area contributed by atoms with E-state index < -0.39 is 0 Å². The first kappa shape index (κ1) is 15.9. The summed E-state index contributed by atoms with van der Waals surface area (Å²) in [5.74, 6) is -0.109. The number of benzene rings is 1. The van der Waals surface area contributed by atoms with Gasteiger partial charge in [-0.25, -0.2) is 4.39 Å². The average Bonchev–Trinajstić information content (AvgIpc) is 2.66. The van der Waals surface area contributed by atoms with Crippen molar-refractivity contribution in [3.63, 3.8) is 0 Å². The molecule has 1 aliphatic heterocycles. The van der Waals surface area contributed by atoms with Gasteiger partial charge in [-0.15, -0.1) is 0 Å². The van der Waals surface area contributed by atoms with Gasteiger partial charge in [0.15, 0.2) is 0 Å². The highest BCUT2D eigenvalue weighted by Crippen LogP contribution is 2.19. The quantitative estimate of drug-likeness (QED) is 0.782. The van der Waals surface area contributed by atoms with Crippen molar-refractivity contribution >= 4 is 5.57 Å². The van der Waals surface area contributed by atoms with E-state index in [2.05, 4.69) is 23.4 Å². The lowest BCUT2D eigenvalue weighted by molar-refractivity contribution is 0.266. The van der Waals surface area contributed by atoms with E-state index in [1.807, 2.05) is 25.1 Å². The summed E-state index contributed by atoms with van der Waals surface area (Å²) in [4.78, 5) is 4.68. The summed E-state index contributed by atoms with van der Waals surface area (Å²) in [5, 5.41) is 0. The van der Waals surface area contributed by atoms with Gasteiger partial charge in [-0.2, -0.15) is 0 Å². The molecule has 114 valence electrons. The number of rotatable bonds is 4. The standard InChI is InChI=1S/C18H25FN2/c1-4-6-15(2)16-7-8-17(18(19)13-16)14-21-10-5-9-20(3)11-12-21/h4,6-8,13H,1,5,9-12,14H2,2-3H3. The number of hydrogen-bond acceptors (Lipinski definition) is 2. The molecule has 0 N–H and O–H groups in total. The minimum absolute atomic E-state index is 0.109. The predicted molar refractivity (Wildman–Crippen MR) is 87.6 cm³/mol. The average molecular weight is 288 g/mol. The maximum absolute atomic E-state index is 14.3. The molecule has 2 rings (SSSR count). The normalized spacial score (nSPS) is 18.5. The van der Waals surface area contributed by atoms with Gasteiger partial charge in [-0.3, -0.25) is 4.90 Å². The lowest BCUT2D eigenvalue weighted by Gasteiger charge is -2.20. The molecule has 0 saturated carbocycles. The minimum Gasteiger partial charge on any atom is -0.305 e. The van der Waals surface area contributed by atoms with Crippen LogP contribution in [0.25, 0.3) is 5.57 Å². The molecule has 1 aliphatic rings. The van der Waals surface area contributed by atoms with Crippen LogP contribution in [0.15, 0.2) is 36.9 Å². The second-order valence-corrected chi connectivity index (χ2v) is 5.82. The maximum Gasteiger partial charge on any atom is 0.128 e. The Morgan fingerprint density at radius 3 is 2.81 bits per heavy atom. The first-order chi connectivity index (χ1) is 10.1. The number of nitrogens with zero attached hydrogens (tertiary/aromatic N) is 2. The molecule has 0 unspecified atom stereocenters. The predicted octanol–water partition coefficient (Wildman–Crippen LogP) is 3.55. The fraction of sp³-hybridized carbons (Fsp3) is 0.444. The number of halogens is 1. The minimum atomic E-state index is -0.109. The van der Waals surface area contributed by atoms with E-state index in [1.165, 1.54) is 0 Å². The molecule has 2 nitrogen and oxygen atoms in total. The molecule has 1 fully saturated rings. The molecule has 0 atom stereocenters. The van der Waals surface area contributed by atoms with Gasteiger partial charge in [0, 0.05) is 25.2 Å². The van der Waals surface area contributed by atoms with E-state index in [9.17, 15) is 4.39 Å². The molecule has 1 aromatic rings. The summed E-state index contributed by atoms with van der Waals surface area (Å²) in [6.45, 7) is 10.6. The van der Waals surface area contributed by atoms with Crippen LogP contribution >= 0.6 is 0 Å². The Labute approximate surface area is 127 Å². The van der Waals surface area contributed by atoms with Crippen molar-refractivity contribution in [2.45, 2.75) is 19.9 Å². The maximum atomic E-state index is 14.3. The highest BCUT2D eigenvalue weighted by molar-refractivity contribution is 5.65. The topological polar surface area (TPSA) is 6.48 Å². The zero-order chi connectivity index (χ0) is 15.2. The summed E-state index contributed by atoms with van der Waals surface area (Å²) in [6, 6.07) is 5.55. The summed E-state index contributed by atoms with van der Waals surface area (Å²) in [7, 11) is 2.15. The Bertz CT molecular complexity index is 522. The van der Waals surface area contributed by atoms with Gasteiger partial charge in [0.25, 0.3) is 0 Å². The molecule has 0 amide bonds. The van der Waals surface area contributed by atoms with Crippen molar-refractivity contribution in [3.8, 4) is 0 Å². The zero-order valence-corrected chi connectivity index (χ0v) is 13.1. The van der Waals surface area contributed by atoms with Gasteiger partial charge < -0.3 is 4.90 Å². The monoisotopic (exact) mass is 288 g/mol. The van der Waals surface area contributed by atoms with Crippen LogP contribution in [-0.4, -0.2) is 43.0 Å². The Morgan fingerprint density at radius 1 is 1.29 bits per heavy atom. The highest BCUT2D eigenvalue weighted by atomic mass is 19.1. The Balaban J connectivity index is 2.07. The molecule has 1 heterocycles. The van der Waals surface area contributed by atoms with Crippen molar-refractivity contribution in [2.75, 3.05) is 33.2 Å². The fourth-order valence-corrected chi connectivity index (χ4v) is 2.69. The van der Waals surface area contributed by atoms with E-state index in [0.29, 0.717) is 6.54 Å². The molecule has 0 bridgehead atoms. The number of hydrogen-bond donors (Lipinski definition) is 0. The molecule has 0 aromatic heterocycles. The van der Waals surface area contributed by atoms with Crippen molar-refractivity contribution in [1.82, 2.24) is 9.80 Å². The molecule has 0 spiro atoms. The summed E-state index contributed by atoms with van der Waals surface area (Å²) < 4.78 is 14.3. The fourth-order valence-electron chi connectivity index (χ4n) is 2.69. The molecule has 21 heavy (non-hydrogen) atoms. The summed E-state index contributed by atoms with van der Waals surface area (Å²) >= 11 is 0. The van der Waals surface area contributed by atoms with Gasteiger partial charge in [-0.05, 0) is 50.7 Å². The molecule has 0 radical (unpaired) electrons. The van der Waals surface area contributed by atoms with Crippen molar-refractivity contribution < 1.29 is 4.39 Å². The number of likely N-dealkylation sites (N-methyl/N-ethyl adjacent to an activating group) is 1. The summed E-state index contributed by atoms with van der Waals surface area (Å²) in [6.07, 6.45) is 4.78. The molecule has 1 saturated heterocycles. The van der Waals surface area contributed by atoms with E-state index in [-0.39, 0.29) is 5.82 Å². The lowest BCUT2D eigenvalue weighted by Crippen LogP contribution is -2.28. The summed E-state index contributed by atoms with van der Waals surface area (Å²) in [5.41, 5.74) is 2.74. The van der Waals surface area contributed by atoms with Gasteiger partial charge >= 0.3 is 0 Å². The van der Waals surface area contributed by atoms with Crippen molar-refractivity contribution in [2.24, 2.45) is 0 Å². The largest absolute Gasteiger partial charge is 0.305 e. The second-order valence-electron chi connectivity index (χ2n) is 5.82. The third-order valence-corrected chi connectivity index (χ3v) is 4.08. The lowest BCUT2D eigenvalue weighted by atomic mass is 10.0. The SMILES string of the molecule is C=CC=C(C)c1ccc(CN2CCCN(C)CC2)c(F)c1. The molecular weight excluding hydrogens is 263 g/mol. The van der Waals surface area contributed by atoms with E-state index in [0.717, 1.165) is 49.3 Å². The van der Waals surface area contributed by atoms with Gasteiger partial charge in [0.1, 0.15) is 5.82 Å².